The first-order valence-electron chi connectivity index (χ1n) is 24.6. The predicted molar refractivity (Wildman–Crippen MR) is 271 cm³/mol. The number of likely N-dealkylation sites (N-methyl/N-ethyl adjacent to an activating group) is 1. The molecule has 3 amide bonds. The van der Waals surface area contributed by atoms with E-state index in [0.717, 1.165) is 11.4 Å². The molecule has 21 nitrogen and oxygen atoms in total. The number of aliphatic hydroxyl groups excluding tert-OH is 1. The van der Waals surface area contributed by atoms with E-state index in [9.17, 15) is 48.1 Å². The van der Waals surface area contributed by atoms with Gasteiger partial charge in [-0.25, -0.2) is 4.79 Å². The predicted octanol–water partition coefficient (Wildman–Crippen LogP) is 5.68. The summed E-state index contributed by atoms with van der Waals surface area (Å²) in [5.74, 6) is -8.98. The van der Waals surface area contributed by atoms with E-state index in [1.54, 1.807) is 39.8 Å². The number of fused-ring (bicyclic) bond motifs is 3. The highest BCUT2D eigenvalue weighted by molar-refractivity contribution is 7.44. The van der Waals surface area contributed by atoms with Gasteiger partial charge in [-0.05, 0) is 25.8 Å². The van der Waals surface area contributed by atoms with E-state index >= 15 is 0 Å². The summed E-state index contributed by atoms with van der Waals surface area (Å²) in [5.41, 5.74) is -2.02. The van der Waals surface area contributed by atoms with Crippen molar-refractivity contribution in [2.75, 3.05) is 40.3 Å². The van der Waals surface area contributed by atoms with Crippen molar-refractivity contribution >= 4 is 58.1 Å². The molecular formula is C51H68N6O15P2. The number of urea groups is 1. The molecule has 23 heteroatoms. The number of carbonyl (C=O) groups excluding carboxylic acids is 6. The maximum absolute atomic E-state index is 14.9. The number of ether oxygens (including phenoxy) is 5. The van der Waals surface area contributed by atoms with Crippen molar-refractivity contribution in [1.29, 1.82) is 0 Å². The summed E-state index contributed by atoms with van der Waals surface area (Å²) in [4.78, 5) is 91.5. The molecule has 1 aliphatic carbocycles. The molecule has 0 unspecified atom stereocenters. The maximum atomic E-state index is 14.9. The van der Waals surface area contributed by atoms with Crippen LogP contribution >= 0.6 is 16.9 Å². The Kier molecular flexibility index (Phi) is 18.1. The summed E-state index contributed by atoms with van der Waals surface area (Å²) in [6.07, 6.45) is 4.01. The number of rotatable bonds is 10. The Bertz CT molecular complexity index is 2600. The number of likely N-dealkylation sites (tertiary alicyclic amines) is 1. The second-order valence-corrected chi connectivity index (χ2v) is 22.2. The van der Waals surface area contributed by atoms with Crippen LogP contribution in [0.3, 0.4) is 0 Å². The van der Waals surface area contributed by atoms with Gasteiger partial charge in [0.25, 0.3) is 11.7 Å². The number of allylic oxidation sites excluding steroid dienone is 4. The number of hydrogen-bond donors (Lipinski definition) is 5. The van der Waals surface area contributed by atoms with Gasteiger partial charge in [-0.3, -0.25) is 38.1 Å². The van der Waals surface area contributed by atoms with Gasteiger partial charge in [0, 0.05) is 101 Å². The van der Waals surface area contributed by atoms with Gasteiger partial charge in [0.1, 0.15) is 41.6 Å². The lowest BCUT2D eigenvalue weighted by molar-refractivity contribution is -0.165. The number of ketones is 2. The van der Waals surface area contributed by atoms with Crippen LogP contribution in [0.25, 0.3) is 0 Å². The Morgan fingerprint density at radius 2 is 1.62 bits per heavy atom. The third-order valence-electron chi connectivity index (χ3n) is 14.4. The molecule has 0 aromatic heterocycles. The van der Waals surface area contributed by atoms with Crippen LogP contribution in [0.2, 0.25) is 0 Å². The minimum atomic E-state index is -2.05. The number of aliphatic imine (C=N–C) groups is 1. The monoisotopic (exact) mass is 1070 g/mol. The third-order valence-corrected chi connectivity index (χ3v) is 15.6. The zero-order chi connectivity index (χ0) is 54.7. The van der Waals surface area contributed by atoms with Crippen LogP contribution < -0.4 is 20.7 Å². The first-order chi connectivity index (χ1) is 34.8. The Hall–Kier alpha value is -5.85. The molecule has 6 rings (SSSR count). The number of benzene rings is 1. The molecule has 1 aromatic rings. The number of esters is 2. The number of methoxy groups -OCH3 is 1. The summed E-state index contributed by atoms with van der Waals surface area (Å²) < 4.78 is 52.8. The molecule has 402 valence electrons. The van der Waals surface area contributed by atoms with Crippen molar-refractivity contribution in [3.8, 4) is 11.5 Å². The van der Waals surface area contributed by atoms with Crippen molar-refractivity contribution < 1.29 is 71.8 Å². The zero-order valence-corrected chi connectivity index (χ0v) is 45.6. The summed E-state index contributed by atoms with van der Waals surface area (Å²) in [6.45, 7) is 18.2. The van der Waals surface area contributed by atoms with Gasteiger partial charge in [-0.1, -0.05) is 59.8 Å². The first kappa shape index (κ1) is 57.4. The van der Waals surface area contributed by atoms with Crippen molar-refractivity contribution in [2.24, 2.45) is 34.6 Å². The number of hydrogen-bond acceptors (Lipinski definition) is 18. The fourth-order valence-electron chi connectivity index (χ4n) is 10.2. The summed E-state index contributed by atoms with van der Waals surface area (Å²) in [6, 6.07) is -0.863. The van der Waals surface area contributed by atoms with Crippen LogP contribution in [0.4, 0.5) is 4.79 Å². The normalized spacial score (nSPS) is 30.3. The maximum Gasteiger partial charge on any atom is 0.326 e. The van der Waals surface area contributed by atoms with E-state index in [1.165, 1.54) is 60.3 Å². The molecule has 1 spiro atoms. The van der Waals surface area contributed by atoms with Crippen LogP contribution in [0.15, 0.2) is 52.5 Å². The average molecular weight is 1070 g/mol. The lowest BCUT2D eigenvalue weighted by atomic mass is 9.78. The van der Waals surface area contributed by atoms with Crippen LogP contribution in [-0.4, -0.2) is 143 Å². The smallest absolute Gasteiger partial charge is 0.326 e. The number of Topliss-reactive ketones (excluding diaryl/α,β-unsaturated/α-hetero) is 2. The molecule has 9 atom stereocenters. The van der Waals surface area contributed by atoms with E-state index in [0.29, 0.717) is 31.8 Å². The van der Waals surface area contributed by atoms with E-state index in [1.807, 2.05) is 0 Å². The number of aliphatic hydroxyl groups is 1. The van der Waals surface area contributed by atoms with E-state index in [4.69, 9.17) is 28.7 Å². The molecule has 4 heterocycles. The zero-order valence-electron chi connectivity index (χ0n) is 43.8. The number of phenolic OH excluding ortho intramolecular Hbond substituents is 1. The molecule has 74 heavy (non-hydrogen) atoms. The van der Waals surface area contributed by atoms with Crippen molar-refractivity contribution in [3.63, 3.8) is 0 Å². The lowest BCUT2D eigenvalue weighted by Crippen LogP contribution is -2.50. The Balaban J connectivity index is 1.46. The molecule has 4 aliphatic heterocycles. The number of nitrogens with zero attached hydrogens (tertiary/aromatic N) is 3. The molecule has 1 saturated heterocycles. The number of aromatic hydroxyl groups is 1. The standard InChI is InChI=1S/C51H68N6O15P2/c1-24(2)22-57-19-17-51(18-20-57)54-37-34-35-41(61)30(8)45-36(34)46(63)50(10,72-45)69-21-16-32(68-12)27(5)44(70-31(9)58)29(7)40(60)28(6)43(71-33(59)23-56(11)48(65)53-49(73-66)74-67)25(3)14-13-15-26(4)47(64)52-39(42(35)62)38(37)55-51/h13-16,21,24-25,27-29,32,40,43-44,49,55,60-61H,17-20,22-23H2,1-12H3,(H,52,64)(H,53,65)/b14-13+,21-16+,26-15-/t25-,27+,28-,29+,32-,40+,43-,44+,50-/m0/s1. The summed E-state index contributed by atoms with van der Waals surface area (Å²) in [5, 5.41) is 32.6. The van der Waals surface area contributed by atoms with Gasteiger partial charge in [0.2, 0.25) is 5.78 Å². The van der Waals surface area contributed by atoms with Crippen LogP contribution in [0, 0.1) is 36.5 Å². The van der Waals surface area contributed by atoms with Crippen molar-refractivity contribution in [2.45, 2.75) is 123 Å². The average Bonchev–Trinajstić information content (AvgIpc) is 3.85. The van der Waals surface area contributed by atoms with Crippen LogP contribution in [0.5, 0.6) is 11.5 Å². The van der Waals surface area contributed by atoms with Gasteiger partial charge >= 0.3 is 23.8 Å². The fourth-order valence-corrected chi connectivity index (χ4v) is 10.7. The fraction of sp³-hybridized carbons (Fsp3) is 0.588. The second-order valence-electron chi connectivity index (χ2n) is 20.4. The third kappa shape index (κ3) is 11.8. The highest BCUT2D eigenvalue weighted by Crippen LogP contribution is 2.50. The van der Waals surface area contributed by atoms with Gasteiger partial charge in [0.05, 0.1) is 41.0 Å². The number of phenols is 1. The van der Waals surface area contributed by atoms with E-state index in [-0.39, 0.29) is 50.7 Å². The van der Waals surface area contributed by atoms with E-state index < -0.39 is 130 Å². The second kappa shape index (κ2) is 23.4. The van der Waals surface area contributed by atoms with Crippen LogP contribution in [0.1, 0.15) is 107 Å². The summed E-state index contributed by atoms with van der Waals surface area (Å²) in [7, 11) is 1.45. The molecule has 5 aliphatic rings. The topological polar surface area (TPSA) is 278 Å². The number of piperidine rings is 1. The lowest BCUT2D eigenvalue weighted by Gasteiger charge is -2.39. The molecular weight excluding hydrogens is 999 g/mol. The molecule has 0 radical (unpaired) electrons. The van der Waals surface area contributed by atoms with Crippen molar-refractivity contribution in [3.05, 3.63) is 69.8 Å². The highest BCUT2D eigenvalue weighted by atomic mass is 31.1. The van der Waals surface area contributed by atoms with E-state index in [2.05, 4.69) is 34.7 Å². The first-order valence-corrected chi connectivity index (χ1v) is 26.4. The van der Waals surface area contributed by atoms with Crippen molar-refractivity contribution in [1.82, 2.24) is 25.8 Å². The number of amides is 3. The Morgan fingerprint density at radius 3 is 2.23 bits per heavy atom. The largest absolute Gasteiger partial charge is 0.507 e. The van der Waals surface area contributed by atoms with Gasteiger partial charge in [-0.2, -0.15) is 0 Å². The molecule has 5 bridgehead atoms. The minimum absolute atomic E-state index is 0.0169. The highest BCUT2D eigenvalue weighted by Gasteiger charge is 2.54. The number of nitrogens with one attached hydrogen (secondary N) is 3. The van der Waals surface area contributed by atoms with Crippen LogP contribution in [-0.2, 0) is 42.5 Å². The SMILES string of the molecule is CO[C@H]1/C=C/O[C@@]2(C)Oc3c(C)c(O)c4c(c3C2=O)C2=NC3(CCN(CC(C)C)CC3)NC2=C(NC(=O)/C(C)=C\C=C\[C@H](C)[C@H](OC(=O)CN(C)C(=O)NC(P=O)P=O)[C@@H](C)[C@@H](O)[C@@H](C)[C@H](OC(C)=O)[C@@H]1C)C4=O. The minimum Gasteiger partial charge on any atom is -0.507 e. The van der Waals surface area contributed by atoms with Gasteiger partial charge < -0.3 is 59.6 Å². The molecule has 5 N–H and O–H groups in total. The Morgan fingerprint density at radius 1 is 0.973 bits per heavy atom. The number of carbonyl (C=O) groups is 6. The summed E-state index contributed by atoms with van der Waals surface area (Å²) >= 11 is 0. The molecule has 0 saturated carbocycles. The quantitative estimate of drug-likeness (QED) is 0.139. The van der Waals surface area contributed by atoms with Gasteiger partial charge in [-0.15, -0.1) is 0 Å². The molecule has 1 fully saturated rings. The van der Waals surface area contributed by atoms with Gasteiger partial charge in [0.15, 0.2) is 22.4 Å². The Labute approximate surface area is 433 Å². The molecule has 1 aromatic carbocycles.